The summed E-state index contributed by atoms with van der Waals surface area (Å²) in [5.74, 6) is -1.24. The van der Waals surface area contributed by atoms with Gasteiger partial charge in [-0.1, -0.05) is 19.9 Å². The number of anilines is 1. The van der Waals surface area contributed by atoms with Crippen LogP contribution in [-0.4, -0.2) is 28.5 Å². The maximum atomic E-state index is 14.9. The molecule has 6 nitrogen and oxygen atoms in total. The van der Waals surface area contributed by atoms with Gasteiger partial charge in [-0.25, -0.2) is 4.39 Å². The number of aromatic nitrogens is 1. The topological polar surface area (TPSA) is 72.7 Å². The van der Waals surface area contributed by atoms with Crippen molar-refractivity contribution in [1.82, 2.24) is 4.57 Å². The summed E-state index contributed by atoms with van der Waals surface area (Å²) in [5.41, 5.74) is 0.539. The van der Waals surface area contributed by atoms with Crippen molar-refractivity contribution in [2.45, 2.75) is 43.8 Å². The van der Waals surface area contributed by atoms with E-state index in [-0.39, 0.29) is 23.8 Å². The van der Waals surface area contributed by atoms with Crippen LogP contribution >= 0.6 is 0 Å². The van der Waals surface area contributed by atoms with Crippen molar-refractivity contribution in [1.29, 1.82) is 0 Å². The van der Waals surface area contributed by atoms with E-state index in [1.807, 2.05) is 24.5 Å². The Bertz CT molecular complexity index is 1290. The van der Waals surface area contributed by atoms with Crippen LogP contribution < -0.4 is 14.8 Å². The Labute approximate surface area is 187 Å². The Hall–Kier alpha value is -3.20. The molecule has 2 aliphatic rings. The second-order valence-electron chi connectivity index (χ2n) is 9.39. The third kappa shape index (κ3) is 3.42. The highest BCUT2D eigenvalue weighted by molar-refractivity contribution is 6.02. The number of aliphatic hydroxyl groups is 1. The van der Waals surface area contributed by atoms with Crippen LogP contribution in [0.3, 0.4) is 0 Å². The van der Waals surface area contributed by atoms with Gasteiger partial charge in [-0.05, 0) is 42.7 Å². The summed E-state index contributed by atoms with van der Waals surface area (Å²) in [6, 6.07) is 9.06. The molecule has 174 valence electrons. The van der Waals surface area contributed by atoms with Crippen LogP contribution in [0.5, 0.6) is 11.5 Å². The summed E-state index contributed by atoms with van der Waals surface area (Å²) in [4.78, 5) is 13.2. The molecule has 0 unspecified atom stereocenters. The lowest BCUT2D eigenvalue weighted by Gasteiger charge is -2.22. The second-order valence-corrected chi connectivity index (χ2v) is 9.39. The molecule has 33 heavy (non-hydrogen) atoms. The normalized spacial score (nSPS) is 17.9. The lowest BCUT2D eigenvalue weighted by atomic mass is 9.90. The van der Waals surface area contributed by atoms with Gasteiger partial charge in [0.15, 0.2) is 11.5 Å². The lowest BCUT2D eigenvalue weighted by molar-refractivity contribution is -0.286. The van der Waals surface area contributed by atoms with Crippen LogP contribution in [0, 0.1) is 5.82 Å². The average Bonchev–Trinajstić information content (AvgIpc) is 3.42. The third-order valence-electron chi connectivity index (χ3n) is 6.61. The molecule has 0 radical (unpaired) electrons. The Morgan fingerprint density at radius 3 is 2.52 bits per heavy atom. The van der Waals surface area contributed by atoms with Crippen LogP contribution in [0.15, 0.2) is 36.4 Å². The van der Waals surface area contributed by atoms with Gasteiger partial charge in [-0.15, -0.1) is 8.78 Å². The Morgan fingerprint density at radius 1 is 1.15 bits per heavy atom. The minimum Gasteiger partial charge on any atom is -0.395 e. The standard InChI is InChI=1S/C24H23F3N2O4/c1-22(2,12-30)20-9-13-8-16(15(25)11-17(13)29(20)3)28-21(31)23(6-7-23)14-4-5-18-19(10-14)33-24(26,27)32-18/h4-5,8-11,30H,6-7,12H2,1-3H3,(H,28,31). The van der Waals surface area contributed by atoms with Crippen LogP contribution in [0.2, 0.25) is 0 Å². The molecule has 1 saturated carbocycles. The first-order valence-corrected chi connectivity index (χ1v) is 10.6. The minimum absolute atomic E-state index is 0.0324. The van der Waals surface area contributed by atoms with E-state index in [0.717, 1.165) is 11.1 Å². The van der Waals surface area contributed by atoms with Crippen LogP contribution in [-0.2, 0) is 22.7 Å². The smallest absolute Gasteiger partial charge is 0.395 e. The number of nitrogens with one attached hydrogen (secondary N) is 1. The van der Waals surface area contributed by atoms with Gasteiger partial charge in [0.25, 0.3) is 0 Å². The van der Waals surface area contributed by atoms with E-state index in [2.05, 4.69) is 14.8 Å². The summed E-state index contributed by atoms with van der Waals surface area (Å²) in [7, 11) is 1.80. The van der Waals surface area contributed by atoms with E-state index in [4.69, 9.17) is 0 Å². The predicted octanol–water partition coefficient (Wildman–Crippen LogP) is 4.58. The number of aryl methyl sites for hydroxylation is 1. The molecule has 1 aliphatic carbocycles. The number of alkyl halides is 2. The molecule has 1 aromatic heterocycles. The van der Waals surface area contributed by atoms with Crippen molar-refractivity contribution >= 4 is 22.5 Å². The molecule has 0 spiro atoms. The molecule has 5 rings (SSSR count). The number of benzene rings is 2. The number of halogens is 3. The van der Waals surface area contributed by atoms with Gasteiger partial charge >= 0.3 is 6.29 Å². The molecular formula is C24H23F3N2O4. The number of hydrogen-bond acceptors (Lipinski definition) is 4. The third-order valence-corrected chi connectivity index (χ3v) is 6.61. The highest BCUT2D eigenvalue weighted by Crippen LogP contribution is 2.52. The molecule has 2 N–H and O–H groups in total. The molecule has 1 amide bonds. The van der Waals surface area contributed by atoms with Crippen molar-refractivity contribution in [3.8, 4) is 11.5 Å². The van der Waals surface area contributed by atoms with Crippen molar-refractivity contribution in [2.75, 3.05) is 11.9 Å². The van der Waals surface area contributed by atoms with Crippen molar-refractivity contribution in [3.05, 3.63) is 53.5 Å². The number of fused-ring (bicyclic) bond motifs is 2. The van der Waals surface area contributed by atoms with E-state index in [0.29, 0.717) is 23.9 Å². The van der Waals surface area contributed by atoms with Gasteiger partial charge in [-0.3, -0.25) is 4.79 Å². The van der Waals surface area contributed by atoms with Gasteiger partial charge in [0, 0.05) is 29.6 Å². The number of ether oxygens (including phenoxy) is 2. The Balaban J connectivity index is 1.44. The SMILES string of the molecule is Cn1c(C(C)(C)CO)cc2cc(NC(=O)C3(c4ccc5c(c4)OC(F)(F)O5)CC3)c(F)cc21. The number of carbonyl (C=O) groups excluding carboxylic acids is 1. The maximum Gasteiger partial charge on any atom is 0.586 e. The maximum absolute atomic E-state index is 14.9. The number of aliphatic hydroxyl groups excluding tert-OH is 1. The molecule has 1 fully saturated rings. The number of amides is 1. The molecule has 0 atom stereocenters. The first-order valence-electron chi connectivity index (χ1n) is 10.6. The first kappa shape index (κ1) is 21.6. The van der Waals surface area contributed by atoms with Gasteiger partial charge in [-0.2, -0.15) is 0 Å². The molecule has 0 bridgehead atoms. The highest BCUT2D eigenvalue weighted by Gasteiger charge is 2.53. The molecule has 3 aromatic rings. The minimum atomic E-state index is -3.74. The van der Waals surface area contributed by atoms with Crippen molar-refractivity contribution < 1.29 is 32.5 Å². The monoisotopic (exact) mass is 460 g/mol. The largest absolute Gasteiger partial charge is 0.586 e. The summed E-state index contributed by atoms with van der Waals surface area (Å²) >= 11 is 0. The predicted molar refractivity (Wildman–Crippen MR) is 115 cm³/mol. The first-order chi connectivity index (χ1) is 15.5. The van der Waals surface area contributed by atoms with Crippen LogP contribution in [0.25, 0.3) is 10.9 Å². The highest BCUT2D eigenvalue weighted by atomic mass is 19.3. The molecule has 2 heterocycles. The van der Waals surface area contributed by atoms with Gasteiger partial charge in [0.1, 0.15) is 5.82 Å². The van der Waals surface area contributed by atoms with Gasteiger partial charge in [0.05, 0.1) is 23.2 Å². The Morgan fingerprint density at radius 2 is 1.85 bits per heavy atom. The molecule has 9 heteroatoms. The van der Waals surface area contributed by atoms with Crippen molar-refractivity contribution in [3.63, 3.8) is 0 Å². The zero-order valence-corrected chi connectivity index (χ0v) is 18.3. The number of carbonyl (C=O) groups is 1. The summed E-state index contributed by atoms with van der Waals surface area (Å²) in [5, 5.41) is 13.1. The van der Waals surface area contributed by atoms with E-state index in [1.54, 1.807) is 19.2 Å². The average molecular weight is 460 g/mol. The fraction of sp³-hybridized carbons (Fsp3) is 0.375. The van der Waals surface area contributed by atoms with Gasteiger partial charge in [0.2, 0.25) is 5.91 Å². The molecule has 1 aliphatic heterocycles. The number of rotatable bonds is 5. The van der Waals surface area contributed by atoms with Crippen LogP contribution in [0.4, 0.5) is 18.9 Å². The fourth-order valence-electron chi connectivity index (χ4n) is 4.45. The zero-order valence-electron chi connectivity index (χ0n) is 18.3. The number of hydrogen-bond donors (Lipinski definition) is 2. The van der Waals surface area contributed by atoms with Crippen LogP contribution in [0.1, 0.15) is 37.9 Å². The quantitative estimate of drug-likeness (QED) is 0.585. The molecular weight excluding hydrogens is 437 g/mol. The van der Waals surface area contributed by atoms with E-state index in [9.17, 15) is 23.1 Å². The molecule has 0 saturated heterocycles. The lowest BCUT2D eigenvalue weighted by Crippen LogP contribution is -2.28. The molecule has 2 aromatic carbocycles. The second kappa shape index (κ2) is 6.90. The van der Waals surface area contributed by atoms with Gasteiger partial charge < -0.3 is 24.5 Å². The summed E-state index contributed by atoms with van der Waals surface area (Å²) in [6.07, 6.45) is -2.74. The Kier molecular flexibility index (Phi) is 4.52. The van der Waals surface area contributed by atoms with Crippen molar-refractivity contribution in [2.24, 2.45) is 7.05 Å². The summed E-state index contributed by atoms with van der Waals surface area (Å²) < 4.78 is 52.4. The zero-order chi connectivity index (χ0) is 23.8. The summed E-state index contributed by atoms with van der Waals surface area (Å²) in [6.45, 7) is 3.70. The van der Waals surface area contributed by atoms with E-state index < -0.39 is 28.8 Å². The number of nitrogens with zero attached hydrogens (tertiary/aromatic N) is 1. The fourth-order valence-corrected chi connectivity index (χ4v) is 4.45. The van der Waals surface area contributed by atoms with E-state index in [1.165, 1.54) is 18.2 Å². The van der Waals surface area contributed by atoms with E-state index >= 15 is 0 Å².